The highest BCUT2D eigenvalue weighted by atomic mass is 16.5. The van der Waals surface area contributed by atoms with E-state index >= 15 is 0 Å². The van der Waals surface area contributed by atoms with Crippen LogP contribution in [0.5, 0.6) is 5.75 Å². The van der Waals surface area contributed by atoms with Gasteiger partial charge in [-0.3, -0.25) is 4.79 Å². The number of rotatable bonds is 9. The number of imidazole rings is 2. The number of aromatic nitrogens is 4. The molecule has 0 bridgehead atoms. The fraction of sp³-hybridized carbons (Fsp3) is 0.421. The van der Waals surface area contributed by atoms with E-state index in [4.69, 9.17) is 14.5 Å². The predicted molar refractivity (Wildman–Crippen MR) is 190 cm³/mol. The number of carbonyl (C=O) groups is 2. The maximum absolute atomic E-state index is 13.8. The van der Waals surface area contributed by atoms with Gasteiger partial charge in [-0.1, -0.05) is 52.8 Å². The van der Waals surface area contributed by atoms with E-state index in [1.165, 1.54) is 7.11 Å². The van der Waals surface area contributed by atoms with Crippen molar-refractivity contribution < 1.29 is 19.1 Å². The second-order valence-corrected chi connectivity index (χ2v) is 14.3. The summed E-state index contributed by atoms with van der Waals surface area (Å²) < 4.78 is 11.2. The van der Waals surface area contributed by atoms with Gasteiger partial charge in [0.25, 0.3) is 0 Å². The van der Waals surface area contributed by atoms with Crippen LogP contribution in [0.25, 0.3) is 44.2 Å². The summed E-state index contributed by atoms with van der Waals surface area (Å²) in [6.07, 6.45) is 2.06. The zero-order chi connectivity index (χ0) is 34.4. The van der Waals surface area contributed by atoms with E-state index in [1.807, 2.05) is 24.9 Å². The van der Waals surface area contributed by atoms with Gasteiger partial charge in [-0.05, 0) is 77.1 Å². The average molecular weight is 664 g/mol. The summed E-state index contributed by atoms with van der Waals surface area (Å²) in [5.41, 5.74) is 7.15. The van der Waals surface area contributed by atoms with Crippen LogP contribution in [0.2, 0.25) is 0 Å². The molecule has 2 amide bonds. The van der Waals surface area contributed by atoms with Crippen molar-refractivity contribution in [2.24, 2.45) is 17.8 Å². The topological polar surface area (TPSA) is 137 Å². The van der Waals surface area contributed by atoms with Crippen molar-refractivity contribution >= 4 is 33.8 Å². The number of ether oxygens (including phenoxy) is 2. The van der Waals surface area contributed by atoms with E-state index in [0.29, 0.717) is 25.6 Å². The van der Waals surface area contributed by atoms with Gasteiger partial charge in [-0.15, -0.1) is 0 Å². The van der Waals surface area contributed by atoms with Crippen molar-refractivity contribution in [1.29, 1.82) is 0 Å². The number of H-pyrrole nitrogens is 2. The van der Waals surface area contributed by atoms with Crippen LogP contribution in [0.1, 0.15) is 64.3 Å². The molecule has 4 N–H and O–H groups in total. The highest BCUT2D eigenvalue weighted by Gasteiger charge is 2.40. The summed E-state index contributed by atoms with van der Waals surface area (Å²) >= 11 is 0. The summed E-state index contributed by atoms with van der Waals surface area (Å²) in [6.45, 7) is 13.1. The van der Waals surface area contributed by atoms with E-state index in [2.05, 4.69) is 88.8 Å². The second kappa shape index (κ2) is 13.2. The minimum absolute atomic E-state index is 0.106. The first-order valence-electron chi connectivity index (χ1n) is 17.2. The molecule has 49 heavy (non-hydrogen) atoms. The molecule has 4 heterocycles. The van der Waals surface area contributed by atoms with Crippen LogP contribution in [0, 0.1) is 17.8 Å². The smallest absolute Gasteiger partial charge is 0.407 e. The first kappa shape index (κ1) is 32.6. The van der Waals surface area contributed by atoms with Crippen LogP contribution in [0.15, 0.2) is 48.7 Å². The summed E-state index contributed by atoms with van der Waals surface area (Å²) in [6, 6.07) is 14.0. The number of methoxy groups -OCH3 is 1. The van der Waals surface area contributed by atoms with Crippen molar-refractivity contribution in [3.8, 4) is 28.1 Å². The number of amides is 2. The third-order valence-corrected chi connectivity index (χ3v) is 9.65. The van der Waals surface area contributed by atoms with Crippen molar-refractivity contribution in [3.63, 3.8) is 0 Å². The first-order valence-corrected chi connectivity index (χ1v) is 17.2. The molecule has 3 atom stereocenters. The molecule has 11 nitrogen and oxygen atoms in total. The number of fused-ring (bicyclic) bond motifs is 6. The summed E-state index contributed by atoms with van der Waals surface area (Å²) in [4.78, 5) is 44.4. The van der Waals surface area contributed by atoms with Crippen LogP contribution in [-0.4, -0.2) is 63.1 Å². The molecule has 2 aliphatic rings. The predicted octanol–water partition coefficient (Wildman–Crippen LogP) is 6.70. The van der Waals surface area contributed by atoms with Gasteiger partial charge in [0.15, 0.2) is 0 Å². The molecule has 1 fully saturated rings. The quantitative estimate of drug-likeness (QED) is 0.138. The Morgan fingerprint density at radius 2 is 1.92 bits per heavy atom. The number of benzene rings is 3. The number of hydrogen-bond acceptors (Lipinski definition) is 7. The molecule has 5 aromatic rings. The van der Waals surface area contributed by atoms with Crippen LogP contribution >= 0.6 is 0 Å². The molecule has 0 radical (unpaired) electrons. The summed E-state index contributed by atoms with van der Waals surface area (Å²) in [7, 11) is 1.30. The summed E-state index contributed by atoms with van der Waals surface area (Å²) in [5.74, 6) is 3.13. The number of alkyl carbamates (subject to hydrolysis) is 1. The Balaban J connectivity index is 1.17. The van der Waals surface area contributed by atoms with E-state index in [1.54, 1.807) is 0 Å². The number of carbonyl (C=O) groups excluding carboxylic acids is 2. The van der Waals surface area contributed by atoms with Crippen molar-refractivity contribution in [2.45, 2.75) is 66.3 Å². The van der Waals surface area contributed by atoms with Gasteiger partial charge in [0.1, 0.15) is 30.0 Å². The Morgan fingerprint density at radius 1 is 1.08 bits per heavy atom. The van der Waals surface area contributed by atoms with Crippen LogP contribution in [-0.2, 0) is 22.7 Å². The highest BCUT2D eigenvalue weighted by Crippen LogP contribution is 2.43. The standard InChI is InChI=1S/C38H45N7O4/c1-20(2)15-39-17-33-40-16-30(41-33)24-7-9-26-25(12-24)19-49-32-14-27-23(13-28(26)32)8-10-29-35(27)43-36(42-29)31-11-22(5)18-45(31)37(46)34(21(3)4)44-38(47)48-6/h7-10,12-14,16,20-22,31,34,39H,11,15,17-19H2,1-6H3,(H,40,41)(H,42,43)(H,44,47). The second-order valence-electron chi connectivity index (χ2n) is 14.3. The molecule has 1 saturated heterocycles. The minimum atomic E-state index is -0.693. The number of likely N-dealkylation sites (tertiary alicyclic amines) is 1. The molecular formula is C38H45N7O4. The number of nitrogens with zero attached hydrogens (tertiary/aromatic N) is 3. The Labute approximate surface area is 286 Å². The lowest BCUT2D eigenvalue weighted by Crippen LogP contribution is -2.51. The SMILES string of the molecule is COC(=O)NC(C(=O)N1CC(C)CC1c1nc2c(ccc3cc4c(cc32)OCc2cc(-c3cnc(CNCC(C)C)[nH]3)ccc2-4)[nH]1)C(C)C. The maximum Gasteiger partial charge on any atom is 0.407 e. The van der Waals surface area contributed by atoms with Crippen LogP contribution in [0.3, 0.4) is 0 Å². The van der Waals surface area contributed by atoms with E-state index in [0.717, 1.165) is 80.1 Å². The largest absolute Gasteiger partial charge is 0.488 e. The Bertz CT molecular complexity index is 2030. The molecule has 256 valence electrons. The third-order valence-electron chi connectivity index (χ3n) is 9.65. The van der Waals surface area contributed by atoms with Crippen molar-refractivity contribution in [3.05, 3.63) is 65.9 Å². The average Bonchev–Trinajstić information content (AvgIpc) is 3.84. The zero-order valence-electron chi connectivity index (χ0n) is 29.0. The fourth-order valence-corrected chi connectivity index (χ4v) is 7.14. The highest BCUT2D eigenvalue weighted by molar-refractivity contribution is 6.07. The van der Waals surface area contributed by atoms with E-state index < -0.39 is 12.1 Å². The Hall–Kier alpha value is -4.90. The van der Waals surface area contributed by atoms with Crippen molar-refractivity contribution in [1.82, 2.24) is 35.5 Å². The Kier molecular flexibility index (Phi) is 8.79. The molecule has 2 aliphatic heterocycles. The monoisotopic (exact) mass is 663 g/mol. The van der Waals surface area contributed by atoms with Crippen molar-refractivity contribution in [2.75, 3.05) is 20.2 Å². The normalized spacial score (nSPS) is 17.8. The molecular weight excluding hydrogens is 618 g/mol. The van der Waals surface area contributed by atoms with Gasteiger partial charge in [0.2, 0.25) is 5.91 Å². The molecule has 11 heteroatoms. The van der Waals surface area contributed by atoms with Crippen LogP contribution in [0.4, 0.5) is 4.79 Å². The van der Waals surface area contributed by atoms with Gasteiger partial charge in [0.05, 0.1) is 42.6 Å². The lowest BCUT2D eigenvalue weighted by atomic mass is 9.92. The first-order chi connectivity index (χ1) is 23.6. The summed E-state index contributed by atoms with van der Waals surface area (Å²) in [5, 5.41) is 8.23. The van der Waals surface area contributed by atoms with E-state index in [9.17, 15) is 9.59 Å². The lowest BCUT2D eigenvalue weighted by Gasteiger charge is -2.30. The molecule has 3 unspecified atom stereocenters. The molecule has 2 aromatic heterocycles. The number of aromatic amines is 2. The Morgan fingerprint density at radius 3 is 2.69 bits per heavy atom. The molecule has 0 spiro atoms. The maximum atomic E-state index is 13.8. The van der Waals surface area contributed by atoms with Gasteiger partial charge in [0, 0.05) is 17.5 Å². The lowest BCUT2D eigenvalue weighted by molar-refractivity contribution is -0.135. The molecule has 0 saturated carbocycles. The molecule has 7 rings (SSSR count). The third kappa shape index (κ3) is 6.35. The van der Waals surface area contributed by atoms with Gasteiger partial charge in [-0.2, -0.15) is 0 Å². The van der Waals surface area contributed by atoms with Crippen LogP contribution < -0.4 is 15.4 Å². The molecule has 3 aromatic carbocycles. The van der Waals surface area contributed by atoms with Gasteiger partial charge < -0.3 is 35.0 Å². The number of nitrogens with one attached hydrogen (secondary N) is 4. The molecule has 0 aliphatic carbocycles. The fourth-order valence-electron chi connectivity index (χ4n) is 7.14. The van der Waals surface area contributed by atoms with Gasteiger partial charge in [-0.25, -0.2) is 14.8 Å². The van der Waals surface area contributed by atoms with E-state index in [-0.39, 0.29) is 23.8 Å². The zero-order valence-corrected chi connectivity index (χ0v) is 29.0. The minimum Gasteiger partial charge on any atom is -0.488 e. The number of hydrogen-bond donors (Lipinski definition) is 4. The van der Waals surface area contributed by atoms with Gasteiger partial charge >= 0.3 is 6.09 Å².